The van der Waals surface area contributed by atoms with Crippen molar-refractivity contribution in [3.8, 4) is 17.3 Å². The van der Waals surface area contributed by atoms with Crippen LogP contribution in [0.1, 0.15) is 23.7 Å². The zero-order chi connectivity index (χ0) is 20.5. The van der Waals surface area contributed by atoms with E-state index < -0.39 is 0 Å². The standard InChI is InChI=1S/C18H21N7O2S/c1-11(8-15(26)22-7-6-19)9-23-16(27)13-4-2-12(3-5-13)14-10-28-18(24-14)25-17(20)21/h2-5,10-11H,7-9H2,1H3,(H,22,26)(H,23,27)(H4,20,21,24,25). The first-order chi connectivity index (χ1) is 13.4. The summed E-state index contributed by atoms with van der Waals surface area (Å²) in [5.41, 5.74) is 12.7. The minimum absolute atomic E-state index is 0.0172. The highest BCUT2D eigenvalue weighted by atomic mass is 32.1. The third kappa shape index (κ3) is 6.37. The molecular weight excluding hydrogens is 378 g/mol. The maximum atomic E-state index is 12.3. The Kier molecular flexibility index (Phi) is 7.47. The summed E-state index contributed by atoms with van der Waals surface area (Å²) in [6.07, 6.45) is 0.239. The van der Waals surface area contributed by atoms with Crippen molar-refractivity contribution in [3.05, 3.63) is 35.2 Å². The molecule has 0 aliphatic rings. The van der Waals surface area contributed by atoms with E-state index >= 15 is 0 Å². The number of amides is 2. The van der Waals surface area contributed by atoms with Crippen molar-refractivity contribution in [2.75, 3.05) is 13.1 Å². The molecule has 0 fully saturated rings. The predicted octanol–water partition coefficient (Wildman–Crippen LogP) is 1.11. The number of carbonyl (C=O) groups excluding carboxylic acids is 2. The fraction of sp³-hybridized carbons (Fsp3) is 0.278. The maximum Gasteiger partial charge on any atom is 0.251 e. The van der Waals surface area contributed by atoms with Crippen molar-refractivity contribution >= 4 is 34.2 Å². The lowest BCUT2D eigenvalue weighted by atomic mass is 10.1. The summed E-state index contributed by atoms with van der Waals surface area (Å²) in [5, 5.41) is 16.0. The summed E-state index contributed by atoms with van der Waals surface area (Å²) in [5.74, 6) is -0.540. The highest BCUT2D eigenvalue weighted by Gasteiger charge is 2.12. The second-order valence-electron chi connectivity index (χ2n) is 6.08. The molecule has 1 aromatic carbocycles. The largest absolute Gasteiger partial charge is 0.370 e. The van der Waals surface area contributed by atoms with E-state index in [1.54, 1.807) is 24.3 Å². The van der Waals surface area contributed by atoms with Crippen LogP contribution in [-0.2, 0) is 4.79 Å². The van der Waals surface area contributed by atoms with E-state index in [2.05, 4.69) is 20.6 Å². The molecule has 0 radical (unpaired) electrons. The fourth-order valence-electron chi connectivity index (χ4n) is 2.32. The number of rotatable bonds is 8. The van der Waals surface area contributed by atoms with Crippen molar-refractivity contribution in [2.24, 2.45) is 22.4 Å². The van der Waals surface area contributed by atoms with Crippen molar-refractivity contribution in [1.82, 2.24) is 15.6 Å². The van der Waals surface area contributed by atoms with Crippen molar-refractivity contribution in [2.45, 2.75) is 13.3 Å². The minimum Gasteiger partial charge on any atom is -0.370 e. The molecule has 146 valence electrons. The zero-order valence-electron chi connectivity index (χ0n) is 15.3. The van der Waals surface area contributed by atoms with E-state index in [1.165, 1.54) is 11.3 Å². The smallest absolute Gasteiger partial charge is 0.251 e. The number of aromatic nitrogens is 1. The van der Waals surface area contributed by atoms with E-state index in [9.17, 15) is 9.59 Å². The number of nitrogens with one attached hydrogen (secondary N) is 2. The number of nitrogens with two attached hydrogens (primary N) is 2. The van der Waals surface area contributed by atoms with Crippen molar-refractivity contribution in [1.29, 1.82) is 5.26 Å². The fourth-order valence-corrected chi connectivity index (χ4v) is 3.03. The van der Waals surface area contributed by atoms with Crippen LogP contribution in [0, 0.1) is 17.2 Å². The quantitative estimate of drug-likeness (QED) is 0.295. The van der Waals surface area contributed by atoms with Gasteiger partial charge in [-0.25, -0.2) is 4.98 Å². The maximum absolute atomic E-state index is 12.3. The number of nitrogens with zero attached hydrogens (tertiary/aromatic N) is 3. The molecule has 1 unspecified atom stereocenters. The first kappa shape index (κ1) is 20.9. The molecule has 0 aliphatic carbocycles. The van der Waals surface area contributed by atoms with Gasteiger partial charge in [0, 0.05) is 29.5 Å². The second-order valence-corrected chi connectivity index (χ2v) is 6.92. The summed E-state index contributed by atoms with van der Waals surface area (Å²) >= 11 is 1.32. The number of guanidine groups is 1. The van der Waals surface area contributed by atoms with E-state index in [1.807, 2.05) is 18.4 Å². The van der Waals surface area contributed by atoms with Crippen LogP contribution in [0.4, 0.5) is 5.13 Å². The SMILES string of the molecule is CC(CNC(=O)c1ccc(-c2csc(N=C(N)N)n2)cc1)CC(=O)NCC#N. The Morgan fingerprint density at radius 2 is 2.00 bits per heavy atom. The number of thiazole rings is 1. The second kappa shape index (κ2) is 10.0. The molecule has 9 nitrogen and oxygen atoms in total. The molecular formula is C18H21N7O2S. The molecule has 10 heteroatoms. The van der Waals surface area contributed by atoms with Gasteiger partial charge in [-0.1, -0.05) is 19.1 Å². The van der Waals surface area contributed by atoms with Crippen LogP contribution in [-0.4, -0.2) is 35.8 Å². The van der Waals surface area contributed by atoms with Crippen molar-refractivity contribution < 1.29 is 9.59 Å². The van der Waals surface area contributed by atoms with Gasteiger partial charge in [0.25, 0.3) is 5.91 Å². The van der Waals surface area contributed by atoms with Gasteiger partial charge in [0.05, 0.1) is 11.8 Å². The molecule has 0 bridgehead atoms. The Bertz CT molecular complexity index is 895. The first-order valence-electron chi connectivity index (χ1n) is 8.46. The van der Waals surface area contributed by atoms with Crippen LogP contribution in [0.5, 0.6) is 0 Å². The average Bonchev–Trinajstić information content (AvgIpc) is 3.12. The van der Waals surface area contributed by atoms with E-state index in [-0.39, 0.29) is 36.7 Å². The highest BCUT2D eigenvalue weighted by molar-refractivity contribution is 7.13. The molecule has 1 aromatic heterocycles. The van der Waals surface area contributed by atoms with Crippen LogP contribution in [0.25, 0.3) is 11.3 Å². The Labute approximate surface area is 166 Å². The third-order valence-electron chi connectivity index (χ3n) is 3.67. The van der Waals surface area contributed by atoms with Gasteiger partial charge in [0.2, 0.25) is 11.0 Å². The number of benzene rings is 1. The van der Waals surface area contributed by atoms with Crippen LogP contribution >= 0.6 is 11.3 Å². The van der Waals surface area contributed by atoms with Gasteiger partial charge >= 0.3 is 0 Å². The van der Waals surface area contributed by atoms with E-state index in [0.717, 1.165) is 5.56 Å². The lowest BCUT2D eigenvalue weighted by molar-refractivity contribution is -0.121. The van der Waals surface area contributed by atoms with Crippen molar-refractivity contribution in [3.63, 3.8) is 0 Å². The highest BCUT2D eigenvalue weighted by Crippen LogP contribution is 2.26. The Morgan fingerprint density at radius 3 is 2.64 bits per heavy atom. The van der Waals surface area contributed by atoms with Gasteiger partial charge in [-0.15, -0.1) is 11.3 Å². The normalized spacial score (nSPS) is 11.1. The number of hydrogen-bond acceptors (Lipinski definition) is 6. The molecule has 0 saturated heterocycles. The Morgan fingerprint density at radius 1 is 1.29 bits per heavy atom. The van der Waals surface area contributed by atoms with E-state index in [0.29, 0.717) is 22.9 Å². The number of aliphatic imine (C=N–C) groups is 1. The van der Waals surface area contributed by atoms with E-state index in [4.69, 9.17) is 16.7 Å². The summed E-state index contributed by atoms with van der Waals surface area (Å²) in [6.45, 7) is 2.19. The van der Waals surface area contributed by atoms with Crippen LogP contribution in [0.15, 0.2) is 34.6 Å². The summed E-state index contributed by atoms with van der Waals surface area (Å²) < 4.78 is 0. The summed E-state index contributed by atoms with van der Waals surface area (Å²) in [6, 6.07) is 8.84. The monoisotopic (exact) mass is 399 g/mol. The topological polar surface area (TPSA) is 159 Å². The molecule has 0 saturated carbocycles. The van der Waals surface area contributed by atoms with Crippen LogP contribution in [0.2, 0.25) is 0 Å². The number of carbonyl (C=O) groups is 2. The van der Waals surface area contributed by atoms with Gasteiger partial charge in [0.15, 0.2) is 5.96 Å². The first-order valence-corrected chi connectivity index (χ1v) is 9.34. The lowest BCUT2D eigenvalue weighted by Gasteiger charge is -2.12. The molecule has 28 heavy (non-hydrogen) atoms. The summed E-state index contributed by atoms with van der Waals surface area (Å²) in [7, 11) is 0. The minimum atomic E-state index is -0.227. The Balaban J connectivity index is 1.89. The van der Waals surface area contributed by atoms with Gasteiger partial charge in [0.1, 0.15) is 6.54 Å². The molecule has 2 rings (SSSR count). The van der Waals surface area contributed by atoms with Gasteiger partial charge in [-0.2, -0.15) is 10.3 Å². The molecule has 0 aliphatic heterocycles. The summed E-state index contributed by atoms with van der Waals surface area (Å²) in [4.78, 5) is 32.0. The zero-order valence-corrected chi connectivity index (χ0v) is 16.1. The van der Waals surface area contributed by atoms with Crippen LogP contribution < -0.4 is 22.1 Å². The van der Waals surface area contributed by atoms with Gasteiger partial charge < -0.3 is 22.1 Å². The Hall–Kier alpha value is -3.45. The van der Waals surface area contributed by atoms with Gasteiger partial charge in [-0.3, -0.25) is 9.59 Å². The molecule has 0 spiro atoms. The number of hydrogen-bond donors (Lipinski definition) is 4. The predicted molar refractivity (Wildman–Crippen MR) is 108 cm³/mol. The molecule has 6 N–H and O–H groups in total. The molecule has 2 amide bonds. The molecule has 2 aromatic rings. The lowest BCUT2D eigenvalue weighted by Crippen LogP contribution is -2.32. The van der Waals surface area contributed by atoms with Crippen LogP contribution in [0.3, 0.4) is 0 Å². The number of nitriles is 1. The van der Waals surface area contributed by atoms with Gasteiger partial charge in [-0.05, 0) is 18.1 Å². The molecule has 1 heterocycles. The average molecular weight is 399 g/mol. The third-order valence-corrected chi connectivity index (χ3v) is 4.40. The molecule has 1 atom stereocenters.